The van der Waals surface area contributed by atoms with E-state index in [0.717, 1.165) is 12.8 Å². The molecule has 0 spiro atoms. The number of ketones is 1. The Balaban J connectivity index is 2.61. The van der Waals surface area contributed by atoms with Gasteiger partial charge in [0.2, 0.25) is 0 Å². The molecule has 0 aliphatic rings. The third-order valence-electron chi connectivity index (χ3n) is 3.31. The smallest absolute Gasteiger partial charge is 0.270 e. The van der Waals surface area contributed by atoms with Gasteiger partial charge in [-0.1, -0.05) is 20.3 Å². The molecule has 0 atom stereocenters. The first-order chi connectivity index (χ1) is 9.58. The van der Waals surface area contributed by atoms with E-state index in [1.165, 1.54) is 12.1 Å². The quantitative estimate of drug-likeness (QED) is 0.448. The average Bonchev–Trinajstić information content (AvgIpc) is 2.81. The number of furan rings is 1. The largest absolute Gasteiger partial charge is 0.460 e. The minimum atomic E-state index is -0.460. The summed E-state index contributed by atoms with van der Waals surface area (Å²) in [5.41, 5.74) is 1.03. The minimum Gasteiger partial charge on any atom is -0.460 e. The van der Waals surface area contributed by atoms with Crippen molar-refractivity contribution in [3.8, 4) is 0 Å². The van der Waals surface area contributed by atoms with Gasteiger partial charge in [-0.15, -0.1) is 0 Å². The number of unbranched alkanes of at least 4 members (excludes halogenated alkanes) is 1. The standard InChI is InChI=1S/C15H17NO4/c1-3-5-6-14-15(12(17)4-2)11-9-10(16(18)19)7-8-13(11)20-14/h7-9H,3-6H2,1-2H3. The molecule has 1 heterocycles. The van der Waals surface area contributed by atoms with Gasteiger partial charge < -0.3 is 4.42 Å². The fourth-order valence-corrected chi connectivity index (χ4v) is 2.25. The van der Waals surface area contributed by atoms with Crippen molar-refractivity contribution in [3.63, 3.8) is 0 Å². The maximum absolute atomic E-state index is 12.1. The fourth-order valence-electron chi connectivity index (χ4n) is 2.25. The molecule has 106 valence electrons. The van der Waals surface area contributed by atoms with Gasteiger partial charge in [0.25, 0.3) is 5.69 Å². The number of hydrogen-bond acceptors (Lipinski definition) is 4. The fraction of sp³-hybridized carbons (Fsp3) is 0.400. The zero-order valence-electron chi connectivity index (χ0n) is 11.6. The topological polar surface area (TPSA) is 73.3 Å². The third-order valence-corrected chi connectivity index (χ3v) is 3.31. The lowest BCUT2D eigenvalue weighted by molar-refractivity contribution is -0.384. The van der Waals surface area contributed by atoms with Crippen LogP contribution in [0.5, 0.6) is 0 Å². The Hall–Kier alpha value is -2.17. The number of carbonyl (C=O) groups is 1. The number of nitrogens with zero attached hydrogens (tertiary/aromatic N) is 1. The molecule has 2 aromatic rings. The Morgan fingerprint density at radius 1 is 1.35 bits per heavy atom. The zero-order chi connectivity index (χ0) is 14.7. The summed E-state index contributed by atoms with van der Waals surface area (Å²) >= 11 is 0. The van der Waals surface area contributed by atoms with Crippen molar-refractivity contribution in [2.75, 3.05) is 0 Å². The van der Waals surface area contributed by atoms with Crippen molar-refractivity contribution in [2.24, 2.45) is 0 Å². The van der Waals surface area contributed by atoms with Gasteiger partial charge in [0.15, 0.2) is 5.78 Å². The van der Waals surface area contributed by atoms with E-state index in [-0.39, 0.29) is 11.5 Å². The molecule has 0 bridgehead atoms. The number of rotatable bonds is 6. The summed E-state index contributed by atoms with van der Waals surface area (Å²) in [6, 6.07) is 4.39. The van der Waals surface area contributed by atoms with Crippen LogP contribution in [-0.2, 0) is 6.42 Å². The second-order valence-electron chi connectivity index (χ2n) is 4.72. The predicted molar refractivity (Wildman–Crippen MR) is 76.1 cm³/mol. The number of hydrogen-bond donors (Lipinski definition) is 0. The predicted octanol–water partition coefficient (Wildman–Crippen LogP) is 4.28. The van der Waals surface area contributed by atoms with E-state index in [1.54, 1.807) is 13.0 Å². The number of nitro groups is 1. The van der Waals surface area contributed by atoms with Crippen molar-refractivity contribution in [2.45, 2.75) is 39.5 Å². The Labute approximate surface area is 116 Å². The van der Waals surface area contributed by atoms with Crippen molar-refractivity contribution in [3.05, 3.63) is 39.6 Å². The number of nitro benzene ring substituents is 1. The highest BCUT2D eigenvalue weighted by Gasteiger charge is 2.21. The van der Waals surface area contributed by atoms with Gasteiger partial charge in [-0.2, -0.15) is 0 Å². The molecule has 0 aliphatic carbocycles. The number of aryl methyl sites for hydroxylation is 1. The monoisotopic (exact) mass is 275 g/mol. The zero-order valence-corrected chi connectivity index (χ0v) is 11.6. The minimum absolute atomic E-state index is 0.0227. The first kappa shape index (κ1) is 14.2. The molecule has 0 N–H and O–H groups in total. The van der Waals surface area contributed by atoms with Gasteiger partial charge >= 0.3 is 0 Å². The number of non-ortho nitro benzene ring substituents is 1. The van der Waals surface area contributed by atoms with Crippen LogP contribution in [0.1, 0.15) is 49.2 Å². The lowest BCUT2D eigenvalue weighted by Gasteiger charge is -1.99. The molecule has 0 unspecified atom stereocenters. The second kappa shape index (κ2) is 5.86. The first-order valence-electron chi connectivity index (χ1n) is 6.81. The number of benzene rings is 1. The van der Waals surface area contributed by atoms with E-state index < -0.39 is 4.92 Å². The number of Topliss-reactive ketones (excluding diaryl/α,β-unsaturated/α-hetero) is 1. The molecule has 1 aromatic carbocycles. The summed E-state index contributed by atoms with van der Waals surface area (Å²) in [6.07, 6.45) is 2.96. The Bertz CT molecular complexity index is 657. The van der Waals surface area contributed by atoms with E-state index in [1.807, 2.05) is 0 Å². The van der Waals surface area contributed by atoms with E-state index >= 15 is 0 Å². The number of carbonyl (C=O) groups excluding carboxylic acids is 1. The van der Waals surface area contributed by atoms with Gasteiger partial charge in [0, 0.05) is 30.4 Å². The maximum Gasteiger partial charge on any atom is 0.270 e. The molecule has 5 heteroatoms. The van der Waals surface area contributed by atoms with Crippen LogP contribution >= 0.6 is 0 Å². The van der Waals surface area contributed by atoms with Crippen LogP contribution in [0.3, 0.4) is 0 Å². The van der Waals surface area contributed by atoms with Gasteiger partial charge in [0.05, 0.1) is 10.5 Å². The van der Waals surface area contributed by atoms with Gasteiger partial charge in [-0.25, -0.2) is 0 Å². The van der Waals surface area contributed by atoms with Crippen LogP contribution in [0.15, 0.2) is 22.6 Å². The summed E-state index contributed by atoms with van der Waals surface area (Å²) in [4.78, 5) is 22.5. The molecule has 0 aliphatic heterocycles. The molecule has 0 fully saturated rings. The lowest BCUT2D eigenvalue weighted by atomic mass is 10.0. The summed E-state index contributed by atoms with van der Waals surface area (Å²) in [6.45, 7) is 3.84. The Kier molecular flexibility index (Phi) is 4.17. The van der Waals surface area contributed by atoms with E-state index in [9.17, 15) is 14.9 Å². The molecular weight excluding hydrogens is 258 g/mol. The molecule has 0 amide bonds. The second-order valence-corrected chi connectivity index (χ2v) is 4.72. The van der Waals surface area contributed by atoms with Crippen LogP contribution in [0.4, 0.5) is 5.69 Å². The summed E-state index contributed by atoms with van der Waals surface area (Å²) in [7, 11) is 0. The number of fused-ring (bicyclic) bond motifs is 1. The van der Waals surface area contributed by atoms with Crippen LogP contribution in [0.2, 0.25) is 0 Å². The highest BCUT2D eigenvalue weighted by molar-refractivity contribution is 6.08. The lowest BCUT2D eigenvalue weighted by Crippen LogP contribution is -2.00. The normalized spacial score (nSPS) is 10.9. The molecule has 20 heavy (non-hydrogen) atoms. The summed E-state index contributed by atoms with van der Waals surface area (Å²) in [5, 5.41) is 11.4. The third kappa shape index (κ3) is 2.57. The summed E-state index contributed by atoms with van der Waals surface area (Å²) < 4.78 is 5.72. The van der Waals surface area contributed by atoms with E-state index in [2.05, 4.69) is 6.92 Å². The molecule has 0 radical (unpaired) electrons. The first-order valence-corrected chi connectivity index (χ1v) is 6.81. The molecule has 0 saturated heterocycles. The van der Waals surface area contributed by atoms with Crippen LogP contribution in [-0.4, -0.2) is 10.7 Å². The molecule has 1 aromatic heterocycles. The van der Waals surface area contributed by atoms with E-state index in [0.29, 0.717) is 35.1 Å². The Morgan fingerprint density at radius 3 is 2.70 bits per heavy atom. The average molecular weight is 275 g/mol. The van der Waals surface area contributed by atoms with Crippen molar-refractivity contribution < 1.29 is 14.1 Å². The van der Waals surface area contributed by atoms with Crippen LogP contribution in [0.25, 0.3) is 11.0 Å². The van der Waals surface area contributed by atoms with Crippen LogP contribution in [0, 0.1) is 10.1 Å². The van der Waals surface area contributed by atoms with Crippen molar-refractivity contribution in [1.82, 2.24) is 0 Å². The van der Waals surface area contributed by atoms with Crippen molar-refractivity contribution in [1.29, 1.82) is 0 Å². The van der Waals surface area contributed by atoms with Crippen LogP contribution < -0.4 is 0 Å². The Morgan fingerprint density at radius 2 is 2.10 bits per heavy atom. The van der Waals surface area contributed by atoms with Crippen molar-refractivity contribution >= 4 is 22.4 Å². The molecular formula is C15H17NO4. The van der Waals surface area contributed by atoms with E-state index in [4.69, 9.17) is 4.42 Å². The molecule has 5 nitrogen and oxygen atoms in total. The highest BCUT2D eigenvalue weighted by atomic mass is 16.6. The molecule has 0 saturated carbocycles. The SMILES string of the molecule is CCCCc1oc2ccc([N+](=O)[O-])cc2c1C(=O)CC. The van der Waals surface area contributed by atoms with Gasteiger partial charge in [-0.05, 0) is 12.5 Å². The van der Waals surface area contributed by atoms with Gasteiger partial charge in [0.1, 0.15) is 11.3 Å². The maximum atomic E-state index is 12.1. The van der Waals surface area contributed by atoms with Gasteiger partial charge in [-0.3, -0.25) is 14.9 Å². The highest BCUT2D eigenvalue weighted by Crippen LogP contribution is 2.31. The summed E-state index contributed by atoms with van der Waals surface area (Å²) in [5.74, 6) is 0.615. The molecule has 2 rings (SSSR count).